The average molecular weight is 298 g/mol. The first-order valence-corrected chi connectivity index (χ1v) is 3.73. The van der Waals surface area contributed by atoms with Gasteiger partial charge >= 0.3 is 2.22 Å². The lowest BCUT2D eigenvalue weighted by Gasteiger charge is -1.63. The van der Waals surface area contributed by atoms with Gasteiger partial charge in [0.15, 0.2) is 0 Å². The summed E-state index contributed by atoms with van der Waals surface area (Å²) in [5.74, 6) is 0. The minimum Gasteiger partial charge on any atom is -0.124 e. The summed E-state index contributed by atoms with van der Waals surface area (Å²) in [5.41, 5.74) is 0. The van der Waals surface area contributed by atoms with Gasteiger partial charge in [-0.05, 0) is 0 Å². The van der Waals surface area contributed by atoms with Crippen LogP contribution in [0.25, 0.3) is 0 Å². The van der Waals surface area contributed by atoms with Crippen molar-refractivity contribution in [1.82, 2.24) is 0 Å². The van der Waals surface area contributed by atoms with Gasteiger partial charge in [0.25, 0.3) is 0 Å². The van der Waals surface area contributed by atoms with Gasteiger partial charge in [-0.25, -0.2) is 0 Å². The summed E-state index contributed by atoms with van der Waals surface area (Å²) in [7, 11) is 0. The van der Waals surface area contributed by atoms with Gasteiger partial charge in [-0.15, -0.1) is 53.9 Å². The molecule has 0 rings (SSSR count). The second-order valence-electron chi connectivity index (χ2n) is 0.247. The molecule has 0 unspecified atom stereocenters. The molecule has 0 saturated carbocycles. The Balaban J connectivity index is 2.32. The van der Waals surface area contributed by atoms with Crippen LogP contribution < -0.4 is 0 Å². The van der Waals surface area contributed by atoms with E-state index in [2.05, 4.69) is 53.9 Å². The highest BCUT2D eigenvalue weighted by atomic mass is 127. The molecule has 0 aromatic heterocycles. The van der Waals surface area contributed by atoms with Crippen molar-refractivity contribution in [2.45, 2.75) is 0 Å². The fourth-order valence-corrected chi connectivity index (χ4v) is 0. The molecule has 0 aromatic carbocycles. The molecule has 0 N–H and O–H groups in total. The molecule has 0 radical (unpaired) electrons. The van der Waals surface area contributed by atoms with E-state index in [1.54, 1.807) is 0 Å². The first kappa shape index (κ1) is 5.75. The van der Waals surface area contributed by atoms with Crippen molar-refractivity contribution in [2.24, 2.45) is 0 Å². The summed E-state index contributed by atoms with van der Waals surface area (Å²) in [4.78, 5) is 0. The van der Waals surface area contributed by atoms with Gasteiger partial charge in [0.1, 0.15) is 0 Å². The summed E-state index contributed by atoms with van der Waals surface area (Å²) in [6, 6.07) is 0. The smallest absolute Gasteiger partial charge is 0.124 e. The minimum absolute atomic E-state index is 0.428. The highest BCUT2D eigenvalue weighted by Gasteiger charge is 1.87. The standard InChI is InChI=1S/BBr2I/c2-1(3)4. The van der Waals surface area contributed by atoms with Gasteiger partial charge in [-0.3, -0.25) is 0 Å². The van der Waals surface area contributed by atoms with Gasteiger partial charge in [0.05, 0.1) is 0 Å². The summed E-state index contributed by atoms with van der Waals surface area (Å²) in [5, 5.41) is 0. The van der Waals surface area contributed by atoms with Gasteiger partial charge in [0, 0.05) is 0 Å². The topological polar surface area (TPSA) is 0 Å². The van der Waals surface area contributed by atoms with Crippen molar-refractivity contribution in [3.05, 3.63) is 0 Å². The second kappa shape index (κ2) is 2.97. The highest BCUT2D eigenvalue weighted by Crippen LogP contribution is 2.08. The van der Waals surface area contributed by atoms with Crippen LogP contribution in [-0.4, -0.2) is 2.22 Å². The molecule has 0 saturated heterocycles. The third-order valence-electron chi connectivity index (χ3n) is 0. The van der Waals surface area contributed by atoms with Crippen molar-refractivity contribution in [1.29, 1.82) is 0 Å². The Morgan fingerprint density at radius 1 is 1.50 bits per heavy atom. The van der Waals surface area contributed by atoms with E-state index in [-0.39, 0.29) is 0 Å². The molecule has 0 amide bonds. The van der Waals surface area contributed by atoms with E-state index in [4.69, 9.17) is 0 Å². The maximum Gasteiger partial charge on any atom is 0.364 e. The quantitative estimate of drug-likeness (QED) is 0.475. The maximum absolute atomic E-state index is 3.17. The van der Waals surface area contributed by atoms with Gasteiger partial charge in [-0.2, -0.15) is 0 Å². The Bertz CT molecular complexity index is 10.8. The van der Waals surface area contributed by atoms with Crippen LogP contribution in [0.15, 0.2) is 0 Å². The van der Waals surface area contributed by atoms with E-state index in [1.165, 1.54) is 0 Å². The first-order valence-electron chi connectivity index (χ1n) is 0.655. The van der Waals surface area contributed by atoms with Crippen LogP contribution in [0.1, 0.15) is 0 Å². The van der Waals surface area contributed by atoms with Crippen molar-refractivity contribution in [2.75, 3.05) is 0 Å². The fourth-order valence-electron chi connectivity index (χ4n) is 0. The molecule has 0 nitrogen and oxygen atoms in total. The Morgan fingerprint density at radius 3 is 1.50 bits per heavy atom. The third kappa shape index (κ3) is 9.25. The zero-order valence-corrected chi connectivity index (χ0v) is 7.04. The molecule has 0 aliphatic carbocycles. The maximum atomic E-state index is 3.17. The lowest BCUT2D eigenvalue weighted by Crippen LogP contribution is -1.60. The Hall–Kier alpha value is 1.75. The monoisotopic (exact) mass is 296 g/mol. The Morgan fingerprint density at radius 2 is 1.50 bits per heavy atom. The van der Waals surface area contributed by atoms with Crippen LogP contribution >= 0.6 is 53.9 Å². The molecule has 0 bridgehead atoms. The van der Waals surface area contributed by atoms with Gasteiger partial charge in [-0.1, -0.05) is 0 Å². The van der Waals surface area contributed by atoms with Gasteiger partial charge < -0.3 is 0 Å². The SMILES string of the molecule is BrB(Br)I. The van der Waals surface area contributed by atoms with Crippen molar-refractivity contribution in [3.8, 4) is 0 Å². The zero-order chi connectivity index (χ0) is 3.58. The molecule has 0 aliphatic rings. The van der Waals surface area contributed by atoms with Crippen LogP contribution in [0.2, 0.25) is 0 Å². The van der Waals surface area contributed by atoms with Crippen LogP contribution in [-0.2, 0) is 0 Å². The molecular weight excluding hydrogens is 298 g/mol. The molecule has 0 atom stereocenters. The summed E-state index contributed by atoms with van der Waals surface area (Å²) in [6.07, 6.45) is 0. The largest absolute Gasteiger partial charge is 0.364 e. The van der Waals surface area contributed by atoms with E-state index < -0.39 is 0 Å². The zero-order valence-electron chi connectivity index (χ0n) is 1.71. The lowest BCUT2D eigenvalue weighted by molar-refractivity contribution is 5.12. The predicted molar refractivity (Wildman–Crippen MR) is 37.6 cm³/mol. The Kier molecular flexibility index (Phi) is 4.27. The normalized spacial score (nSPS) is 6.75. The van der Waals surface area contributed by atoms with Crippen LogP contribution in [0.4, 0.5) is 0 Å². The van der Waals surface area contributed by atoms with E-state index in [9.17, 15) is 0 Å². The summed E-state index contributed by atoms with van der Waals surface area (Å²) in [6.45, 7) is 0. The summed E-state index contributed by atoms with van der Waals surface area (Å²) < 4.78 is 0.428. The number of hydrogen-bond donors (Lipinski definition) is 0. The van der Waals surface area contributed by atoms with Crippen LogP contribution in [0, 0.1) is 0 Å². The number of rotatable bonds is 0. The molecule has 0 aromatic rings. The summed E-state index contributed by atoms with van der Waals surface area (Å²) >= 11 is 8.52. The second-order valence-corrected chi connectivity index (χ2v) is 7.98. The van der Waals surface area contributed by atoms with Gasteiger partial charge in [0.2, 0.25) is 0 Å². The van der Waals surface area contributed by atoms with E-state index in [0.29, 0.717) is 2.22 Å². The molecule has 24 valence electrons. The molecule has 0 heterocycles. The van der Waals surface area contributed by atoms with E-state index in [1.807, 2.05) is 0 Å². The van der Waals surface area contributed by atoms with Crippen molar-refractivity contribution >= 4 is 56.1 Å². The third-order valence-corrected chi connectivity index (χ3v) is 0. The fraction of sp³-hybridized carbons (Fsp3) is 0. The van der Waals surface area contributed by atoms with Crippen LogP contribution in [0.3, 0.4) is 0 Å². The lowest BCUT2D eigenvalue weighted by atomic mass is 10.8. The molecule has 4 heteroatoms. The molecule has 4 heavy (non-hydrogen) atoms. The number of hydrogen-bond acceptors (Lipinski definition) is 0. The highest BCUT2D eigenvalue weighted by molar-refractivity contribution is 14.1. The van der Waals surface area contributed by atoms with Crippen molar-refractivity contribution in [3.63, 3.8) is 0 Å². The molecule has 0 aliphatic heterocycles. The van der Waals surface area contributed by atoms with Crippen molar-refractivity contribution < 1.29 is 0 Å². The Labute approximate surface area is 55.6 Å². The molecular formula is BBr2I. The van der Waals surface area contributed by atoms with E-state index in [0.717, 1.165) is 0 Å². The molecule has 0 spiro atoms. The average Bonchev–Trinajstić information content (AvgIpc) is 0.811. The number of halogens is 3. The first-order chi connectivity index (χ1) is 1.73. The predicted octanol–water partition coefficient (Wildman–Crippen LogP) is 2.20. The van der Waals surface area contributed by atoms with Crippen LogP contribution in [0.5, 0.6) is 0 Å². The minimum atomic E-state index is 0.428. The van der Waals surface area contributed by atoms with E-state index >= 15 is 0 Å². The molecule has 0 fully saturated rings.